The van der Waals surface area contributed by atoms with Gasteiger partial charge in [-0.1, -0.05) is 42.5 Å². The predicted octanol–water partition coefficient (Wildman–Crippen LogP) is 4.99. The van der Waals surface area contributed by atoms with Crippen molar-refractivity contribution in [2.75, 3.05) is 5.32 Å². The van der Waals surface area contributed by atoms with Crippen LogP contribution in [-0.4, -0.2) is 28.2 Å². The molecule has 0 radical (unpaired) electrons. The first-order valence-electron chi connectivity index (χ1n) is 9.68. The molecule has 5 nitrogen and oxygen atoms in total. The molecule has 168 valence electrons. The van der Waals surface area contributed by atoms with Crippen molar-refractivity contribution >= 4 is 28.9 Å². The predicted molar refractivity (Wildman–Crippen MR) is 115 cm³/mol. The molecule has 1 heterocycles. The normalized spacial score (nSPS) is 12.4. The van der Waals surface area contributed by atoms with Gasteiger partial charge in [0.1, 0.15) is 11.0 Å². The minimum atomic E-state index is -4.43. The largest absolute Gasteiger partial charge is 0.481 e. The lowest BCUT2D eigenvalue weighted by molar-refractivity contribution is -0.142. The van der Waals surface area contributed by atoms with Gasteiger partial charge < -0.3 is 15.5 Å². The van der Waals surface area contributed by atoms with E-state index in [2.05, 4.69) is 5.32 Å². The van der Waals surface area contributed by atoms with Crippen molar-refractivity contribution in [2.24, 2.45) is 0 Å². The minimum absolute atomic E-state index is 0.177. The van der Waals surface area contributed by atoms with Gasteiger partial charge in [0.05, 0.1) is 6.42 Å². The molecular weight excluding hydrogens is 443 g/mol. The number of aliphatic hydroxyl groups excluding tert-OH is 1. The monoisotopic (exact) mass is 463 g/mol. The van der Waals surface area contributed by atoms with Crippen LogP contribution >= 0.6 is 11.3 Å². The number of carboxylic acid groups (broad SMARTS) is 1. The van der Waals surface area contributed by atoms with Crippen molar-refractivity contribution in [3.63, 3.8) is 0 Å². The molecule has 0 fully saturated rings. The van der Waals surface area contributed by atoms with Crippen LogP contribution in [0.5, 0.6) is 0 Å². The fourth-order valence-corrected chi connectivity index (χ4v) is 4.16. The van der Waals surface area contributed by atoms with Gasteiger partial charge in [-0.05, 0) is 42.2 Å². The molecule has 3 rings (SSSR count). The third-order valence-corrected chi connectivity index (χ3v) is 5.92. The minimum Gasteiger partial charge on any atom is -0.481 e. The van der Waals surface area contributed by atoms with Gasteiger partial charge >= 0.3 is 12.1 Å². The van der Waals surface area contributed by atoms with Crippen LogP contribution in [0.3, 0.4) is 0 Å². The number of hydrogen-bond donors (Lipinski definition) is 3. The summed E-state index contributed by atoms with van der Waals surface area (Å²) < 4.78 is 40.5. The Morgan fingerprint density at radius 3 is 2.25 bits per heavy atom. The number of halogens is 3. The zero-order chi connectivity index (χ0) is 23.3. The SMILES string of the molecule is O=C(O)C[C@H](O)C(=O)Nc1ccc(CCc2cc(-c3ccccc3)c(C(F)(F)F)s2)cc1. The number of aryl methyl sites for hydroxylation is 2. The summed E-state index contributed by atoms with van der Waals surface area (Å²) in [4.78, 5) is 22.3. The zero-order valence-electron chi connectivity index (χ0n) is 16.7. The second-order valence-corrected chi connectivity index (χ2v) is 8.26. The first kappa shape index (κ1) is 23.5. The Bertz CT molecular complexity index is 1080. The number of anilines is 1. The van der Waals surface area contributed by atoms with E-state index in [1.807, 2.05) is 0 Å². The molecule has 9 heteroatoms. The lowest BCUT2D eigenvalue weighted by Gasteiger charge is -2.10. The highest BCUT2D eigenvalue weighted by molar-refractivity contribution is 7.12. The molecule has 32 heavy (non-hydrogen) atoms. The average Bonchev–Trinajstić information content (AvgIpc) is 3.18. The second kappa shape index (κ2) is 9.97. The Hall–Kier alpha value is -3.17. The van der Waals surface area contributed by atoms with Crippen molar-refractivity contribution in [3.05, 3.63) is 76.0 Å². The maximum absolute atomic E-state index is 13.5. The molecule has 3 N–H and O–H groups in total. The van der Waals surface area contributed by atoms with E-state index in [-0.39, 0.29) is 5.56 Å². The maximum Gasteiger partial charge on any atom is 0.426 e. The zero-order valence-corrected chi connectivity index (χ0v) is 17.5. The number of carbonyl (C=O) groups excluding carboxylic acids is 1. The Kier molecular flexibility index (Phi) is 7.32. The van der Waals surface area contributed by atoms with E-state index in [1.54, 1.807) is 60.7 Å². The standard InChI is InChI=1S/C23H20F3NO4S/c24-23(25,26)21-18(15-4-2-1-3-5-15)12-17(32-21)11-8-14-6-9-16(10-7-14)27-22(31)19(28)13-20(29)30/h1-7,9-10,12,19,28H,8,11,13H2,(H,27,31)(H,29,30)/t19-/m0/s1. The smallest absolute Gasteiger partial charge is 0.426 e. The maximum atomic E-state index is 13.5. The number of thiophene rings is 1. The van der Waals surface area contributed by atoms with Crippen molar-refractivity contribution in [2.45, 2.75) is 31.5 Å². The number of hydrogen-bond acceptors (Lipinski definition) is 4. The van der Waals surface area contributed by atoms with Gasteiger partial charge in [0.2, 0.25) is 0 Å². The molecule has 3 aromatic rings. The Morgan fingerprint density at radius 1 is 1.00 bits per heavy atom. The third-order valence-electron chi connectivity index (χ3n) is 4.68. The second-order valence-electron chi connectivity index (χ2n) is 7.12. The Morgan fingerprint density at radius 2 is 1.66 bits per heavy atom. The van der Waals surface area contributed by atoms with E-state index >= 15 is 0 Å². The van der Waals surface area contributed by atoms with Crippen LogP contribution in [0.25, 0.3) is 11.1 Å². The summed E-state index contributed by atoms with van der Waals surface area (Å²) in [6.45, 7) is 0. The van der Waals surface area contributed by atoms with E-state index < -0.39 is 35.5 Å². The average molecular weight is 463 g/mol. The number of aliphatic carboxylic acids is 1. The van der Waals surface area contributed by atoms with Gasteiger partial charge in [-0.15, -0.1) is 11.3 Å². The van der Waals surface area contributed by atoms with Crippen molar-refractivity contribution in [1.82, 2.24) is 0 Å². The summed E-state index contributed by atoms with van der Waals surface area (Å²) in [5.74, 6) is -2.12. The van der Waals surface area contributed by atoms with Gasteiger partial charge in [-0.3, -0.25) is 9.59 Å². The van der Waals surface area contributed by atoms with Crippen LogP contribution in [-0.2, 0) is 28.6 Å². The van der Waals surface area contributed by atoms with Gasteiger partial charge in [0.15, 0.2) is 0 Å². The van der Waals surface area contributed by atoms with Crippen LogP contribution < -0.4 is 5.32 Å². The number of nitrogens with one attached hydrogen (secondary N) is 1. The number of amides is 1. The molecule has 0 aliphatic rings. The summed E-state index contributed by atoms with van der Waals surface area (Å²) in [5.41, 5.74) is 1.94. The lowest BCUT2D eigenvalue weighted by Crippen LogP contribution is -2.29. The van der Waals surface area contributed by atoms with Gasteiger partial charge in [-0.25, -0.2) is 0 Å². The molecule has 0 saturated carbocycles. The summed E-state index contributed by atoms with van der Waals surface area (Å²) in [7, 11) is 0. The summed E-state index contributed by atoms with van der Waals surface area (Å²) in [5, 5.41) is 20.5. The molecule has 1 atom stereocenters. The van der Waals surface area contributed by atoms with Crippen LogP contribution in [0.4, 0.5) is 18.9 Å². The molecule has 0 saturated heterocycles. The summed E-state index contributed by atoms with van der Waals surface area (Å²) >= 11 is 0.742. The van der Waals surface area contributed by atoms with Gasteiger partial charge in [0, 0.05) is 16.1 Å². The van der Waals surface area contributed by atoms with E-state index in [4.69, 9.17) is 5.11 Å². The van der Waals surface area contributed by atoms with Crippen LogP contribution in [0.2, 0.25) is 0 Å². The van der Waals surface area contributed by atoms with Crippen molar-refractivity contribution in [1.29, 1.82) is 0 Å². The molecule has 0 unspecified atom stereocenters. The number of rotatable bonds is 8. The highest BCUT2D eigenvalue weighted by atomic mass is 32.1. The fourth-order valence-electron chi connectivity index (χ4n) is 3.11. The third kappa shape index (κ3) is 6.18. The number of alkyl halides is 3. The van der Waals surface area contributed by atoms with Gasteiger partial charge in [0.25, 0.3) is 5.91 Å². The van der Waals surface area contributed by atoms with Crippen molar-refractivity contribution in [3.8, 4) is 11.1 Å². The van der Waals surface area contributed by atoms with Crippen LogP contribution in [0.15, 0.2) is 60.7 Å². The van der Waals surface area contributed by atoms with E-state index in [0.717, 1.165) is 16.9 Å². The molecule has 0 aliphatic carbocycles. The molecule has 1 aromatic heterocycles. The summed E-state index contributed by atoms with van der Waals surface area (Å²) in [6.07, 6.45) is -5.87. The number of carbonyl (C=O) groups is 2. The van der Waals surface area contributed by atoms with Gasteiger partial charge in [-0.2, -0.15) is 13.2 Å². The summed E-state index contributed by atoms with van der Waals surface area (Å²) in [6, 6.07) is 16.7. The van der Waals surface area contributed by atoms with E-state index in [9.17, 15) is 27.9 Å². The number of carboxylic acids is 1. The molecule has 0 bridgehead atoms. The molecule has 1 amide bonds. The number of benzene rings is 2. The highest BCUT2D eigenvalue weighted by Gasteiger charge is 2.36. The molecule has 2 aromatic carbocycles. The van der Waals surface area contributed by atoms with Crippen molar-refractivity contribution < 1.29 is 33.0 Å². The van der Waals surface area contributed by atoms with Crippen LogP contribution in [0, 0.1) is 0 Å². The lowest BCUT2D eigenvalue weighted by atomic mass is 10.0. The molecular formula is C23H20F3NO4S. The fraction of sp³-hybridized carbons (Fsp3) is 0.217. The Balaban J connectivity index is 1.66. The quantitative estimate of drug-likeness (QED) is 0.439. The number of aliphatic hydroxyl groups is 1. The molecule has 0 spiro atoms. The first-order valence-corrected chi connectivity index (χ1v) is 10.5. The van der Waals surface area contributed by atoms with E-state index in [0.29, 0.717) is 29.0 Å². The first-order chi connectivity index (χ1) is 15.1. The Labute approximate surface area is 186 Å². The highest BCUT2D eigenvalue weighted by Crippen LogP contribution is 2.43. The topological polar surface area (TPSA) is 86.6 Å². The molecule has 0 aliphatic heterocycles. The van der Waals surface area contributed by atoms with Crippen LogP contribution in [0.1, 0.15) is 21.7 Å². The van der Waals surface area contributed by atoms with E-state index in [1.165, 1.54) is 0 Å².